The average Bonchev–Trinajstić information content (AvgIpc) is 2.80. The number of nitrogens with zero attached hydrogens (tertiary/aromatic N) is 2. The summed E-state index contributed by atoms with van der Waals surface area (Å²) >= 11 is 0. The molecule has 0 aliphatic rings. The molecule has 0 saturated heterocycles. The molecule has 1 aromatic heterocycles. The molecule has 0 aliphatic heterocycles. The van der Waals surface area contributed by atoms with E-state index in [4.69, 9.17) is 4.74 Å². The molecular weight excluding hydrogens is 412 g/mol. The van der Waals surface area contributed by atoms with Crippen molar-refractivity contribution in [3.8, 4) is 5.88 Å². The first-order chi connectivity index (χ1) is 15.8. The van der Waals surface area contributed by atoms with Gasteiger partial charge in [-0.25, -0.2) is 4.98 Å². The number of carboxylic acids is 1. The molecule has 3 aromatic rings. The highest BCUT2D eigenvalue weighted by Crippen LogP contribution is 2.34. The summed E-state index contributed by atoms with van der Waals surface area (Å²) in [5.74, 6) is -0.245. The van der Waals surface area contributed by atoms with Crippen LogP contribution in [0.25, 0.3) is 0 Å². The van der Waals surface area contributed by atoms with Gasteiger partial charge in [0, 0.05) is 30.9 Å². The van der Waals surface area contributed by atoms with Crippen molar-refractivity contribution >= 4 is 5.97 Å². The second-order valence-electron chi connectivity index (χ2n) is 9.38. The highest BCUT2D eigenvalue weighted by atomic mass is 16.5. The van der Waals surface area contributed by atoms with E-state index in [0.29, 0.717) is 12.4 Å². The second-order valence-corrected chi connectivity index (χ2v) is 9.38. The fraction of sp³-hybridized carbons (Fsp3) is 0.357. The van der Waals surface area contributed by atoms with Crippen molar-refractivity contribution in [2.45, 2.75) is 51.6 Å². The number of carbonyl (C=O) groups is 1. The predicted octanol–water partition coefficient (Wildman–Crippen LogP) is 5.65. The van der Waals surface area contributed by atoms with E-state index in [9.17, 15) is 9.90 Å². The van der Waals surface area contributed by atoms with Gasteiger partial charge < -0.3 is 9.84 Å². The van der Waals surface area contributed by atoms with Crippen molar-refractivity contribution in [1.82, 2.24) is 9.88 Å². The van der Waals surface area contributed by atoms with Crippen LogP contribution in [-0.4, -0.2) is 34.6 Å². The third-order valence-electron chi connectivity index (χ3n) is 5.83. The minimum atomic E-state index is -0.828. The number of aliphatic carboxylic acids is 1. The fourth-order valence-corrected chi connectivity index (χ4v) is 4.05. The van der Waals surface area contributed by atoms with Gasteiger partial charge in [-0.3, -0.25) is 9.69 Å². The van der Waals surface area contributed by atoms with E-state index in [-0.39, 0.29) is 17.9 Å². The Kier molecular flexibility index (Phi) is 8.23. The van der Waals surface area contributed by atoms with Crippen LogP contribution in [0, 0.1) is 0 Å². The lowest BCUT2D eigenvalue weighted by molar-refractivity contribution is -0.138. The topological polar surface area (TPSA) is 62.7 Å². The standard InChI is InChI=1S/C28H34N2O3/c1-28(2,3)24-17-23(19-29-27(24)33-4)25(18-26(31)32)30(20-22-13-9-6-10-14-22)16-15-21-11-7-5-8-12-21/h5-14,17,19,25H,15-16,18,20H2,1-4H3,(H,31,32)/t25-/m1/s1. The highest BCUT2D eigenvalue weighted by Gasteiger charge is 2.27. The number of pyridine rings is 1. The Hall–Kier alpha value is -3.18. The summed E-state index contributed by atoms with van der Waals surface area (Å²) in [4.78, 5) is 18.8. The van der Waals surface area contributed by atoms with E-state index in [1.807, 2.05) is 36.4 Å². The fourth-order valence-electron chi connectivity index (χ4n) is 4.05. The molecule has 33 heavy (non-hydrogen) atoms. The van der Waals surface area contributed by atoms with Crippen LogP contribution < -0.4 is 4.74 Å². The quantitative estimate of drug-likeness (QED) is 0.436. The number of hydrogen-bond donors (Lipinski definition) is 1. The second kappa shape index (κ2) is 11.1. The number of hydrogen-bond acceptors (Lipinski definition) is 4. The van der Waals surface area contributed by atoms with Crippen LogP contribution in [0.4, 0.5) is 0 Å². The molecule has 5 heteroatoms. The normalized spacial score (nSPS) is 12.5. The molecular formula is C28H34N2O3. The van der Waals surface area contributed by atoms with E-state index in [0.717, 1.165) is 29.7 Å². The summed E-state index contributed by atoms with van der Waals surface area (Å²) in [7, 11) is 1.62. The van der Waals surface area contributed by atoms with Gasteiger partial charge in [-0.1, -0.05) is 81.4 Å². The minimum absolute atomic E-state index is 0.000779. The highest BCUT2D eigenvalue weighted by molar-refractivity contribution is 5.68. The first kappa shape index (κ1) is 24.5. The Labute approximate surface area is 197 Å². The van der Waals surface area contributed by atoms with E-state index in [1.54, 1.807) is 13.3 Å². The number of methoxy groups -OCH3 is 1. The third-order valence-corrected chi connectivity index (χ3v) is 5.83. The lowest BCUT2D eigenvalue weighted by Crippen LogP contribution is -2.32. The smallest absolute Gasteiger partial charge is 0.305 e. The van der Waals surface area contributed by atoms with E-state index in [2.05, 4.69) is 61.0 Å². The van der Waals surface area contributed by atoms with Crippen LogP contribution in [0.3, 0.4) is 0 Å². The van der Waals surface area contributed by atoms with Gasteiger partial charge in [-0.05, 0) is 34.6 Å². The zero-order valence-electron chi connectivity index (χ0n) is 20.0. The van der Waals surface area contributed by atoms with Crippen molar-refractivity contribution in [2.75, 3.05) is 13.7 Å². The van der Waals surface area contributed by atoms with Crippen LogP contribution in [0.15, 0.2) is 72.9 Å². The molecule has 0 spiro atoms. The van der Waals surface area contributed by atoms with Crippen LogP contribution in [0.5, 0.6) is 5.88 Å². The van der Waals surface area contributed by atoms with Gasteiger partial charge in [-0.15, -0.1) is 0 Å². The molecule has 5 nitrogen and oxygen atoms in total. The molecule has 0 aliphatic carbocycles. The van der Waals surface area contributed by atoms with Gasteiger partial charge in [-0.2, -0.15) is 0 Å². The molecule has 0 saturated carbocycles. The molecule has 1 N–H and O–H groups in total. The van der Waals surface area contributed by atoms with Gasteiger partial charge in [0.05, 0.1) is 13.5 Å². The SMILES string of the molecule is COc1ncc([C@@H](CC(=O)O)N(CCc2ccccc2)Cc2ccccc2)cc1C(C)(C)C. The summed E-state index contributed by atoms with van der Waals surface area (Å²) in [6, 6.07) is 22.3. The maximum absolute atomic E-state index is 11.9. The van der Waals surface area contributed by atoms with Crippen molar-refractivity contribution in [3.05, 3.63) is 95.2 Å². The van der Waals surface area contributed by atoms with Gasteiger partial charge in [0.2, 0.25) is 5.88 Å². The van der Waals surface area contributed by atoms with Crippen molar-refractivity contribution < 1.29 is 14.6 Å². The van der Waals surface area contributed by atoms with Crippen LogP contribution >= 0.6 is 0 Å². The van der Waals surface area contributed by atoms with Crippen LogP contribution in [0.2, 0.25) is 0 Å². The summed E-state index contributed by atoms with van der Waals surface area (Å²) in [6.07, 6.45) is 2.60. The molecule has 3 rings (SSSR count). The van der Waals surface area contributed by atoms with E-state index < -0.39 is 5.97 Å². The molecule has 1 atom stereocenters. The van der Waals surface area contributed by atoms with Gasteiger partial charge in [0.15, 0.2) is 0 Å². The number of aromatic nitrogens is 1. The summed E-state index contributed by atoms with van der Waals surface area (Å²) in [5.41, 5.74) is 4.07. The van der Waals surface area contributed by atoms with Crippen molar-refractivity contribution in [2.24, 2.45) is 0 Å². The van der Waals surface area contributed by atoms with Crippen LogP contribution in [-0.2, 0) is 23.2 Å². The summed E-state index contributed by atoms with van der Waals surface area (Å²) < 4.78 is 5.51. The van der Waals surface area contributed by atoms with Crippen molar-refractivity contribution in [3.63, 3.8) is 0 Å². The molecule has 0 bridgehead atoms. The zero-order valence-corrected chi connectivity index (χ0v) is 20.0. The van der Waals surface area contributed by atoms with Gasteiger partial charge in [0.1, 0.15) is 0 Å². The molecule has 174 valence electrons. The number of benzene rings is 2. The first-order valence-corrected chi connectivity index (χ1v) is 11.4. The van der Waals surface area contributed by atoms with E-state index in [1.165, 1.54) is 5.56 Å². The summed E-state index contributed by atoms with van der Waals surface area (Å²) in [6.45, 7) is 7.72. The first-order valence-electron chi connectivity index (χ1n) is 11.4. The molecule has 2 aromatic carbocycles. The lowest BCUT2D eigenvalue weighted by atomic mass is 9.86. The Morgan fingerprint density at radius 3 is 2.18 bits per heavy atom. The largest absolute Gasteiger partial charge is 0.481 e. The Morgan fingerprint density at radius 2 is 1.64 bits per heavy atom. The maximum Gasteiger partial charge on any atom is 0.305 e. The van der Waals surface area contributed by atoms with Gasteiger partial charge in [0.25, 0.3) is 0 Å². The maximum atomic E-state index is 11.9. The zero-order chi connectivity index (χ0) is 23.8. The Morgan fingerprint density at radius 1 is 1.03 bits per heavy atom. The number of rotatable bonds is 10. The number of ether oxygens (including phenoxy) is 1. The predicted molar refractivity (Wildman–Crippen MR) is 131 cm³/mol. The van der Waals surface area contributed by atoms with Crippen molar-refractivity contribution in [1.29, 1.82) is 0 Å². The van der Waals surface area contributed by atoms with Crippen LogP contribution in [0.1, 0.15) is 55.5 Å². The lowest BCUT2D eigenvalue weighted by Gasteiger charge is -2.32. The molecule has 0 amide bonds. The van der Waals surface area contributed by atoms with Gasteiger partial charge >= 0.3 is 5.97 Å². The summed E-state index contributed by atoms with van der Waals surface area (Å²) in [5, 5.41) is 9.80. The monoisotopic (exact) mass is 446 g/mol. The third kappa shape index (κ3) is 6.90. The molecule has 0 unspecified atom stereocenters. The van der Waals surface area contributed by atoms with E-state index >= 15 is 0 Å². The number of carboxylic acid groups (broad SMARTS) is 1. The molecule has 0 fully saturated rings. The average molecular weight is 447 g/mol. The minimum Gasteiger partial charge on any atom is -0.481 e. The Bertz CT molecular complexity index is 1030. The Balaban J connectivity index is 2.00. The molecule has 0 radical (unpaired) electrons. The molecule has 1 heterocycles.